The highest BCUT2D eigenvalue weighted by Crippen LogP contribution is 2.33. The SMILES string of the molecule is COc1cc(C)c2nc(C3=NC(C)CS3)sc2c1. The lowest BCUT2D eigenvalue weighted by Crippen LogP contribution is -1.93. The topological polar surface area (TPSA) is 34.5 Å². The molecule has 0 aliphatic carbocycles. The van der Waals surface area contributed by atoms with Crippen LogP contribution in [0, 0.1) is 6.92 Å². The van der Waals surface area contributed by atoms with Crippen molar-refractivity contribution in [2.24, 2.45) is 4.99 Å². The van der Waals surface area contributed by atoms with E-state index in [1.54, 1.807) is 30.2 Å². The molecule has 0 fully saturated rings. The Morgan fingerprint density at radius 2 is 2.22 bits per heavy atom. The summed E-state index contributed by atoms with van der Waals surface area (Å²) in [7, 11) is 1.70. The fourth-order valence-corrected chi connectivity index (χ4v) is 4.13. The van der Waals surface area contributed by atoms with E-state index >= 15 is 0 Å². The van der Waals surface area contributed by atoms with Gasteiger partial charge in [0.15, 0.2) is 0 Å². The van der Waals surface area contributed by atoms with Crippen LogP contribution in [-0.4, -0.2) is 28.9 Å². The van der Waals surface area contributed by atoms with Crippen LogP contribution in [0.5, 0.6) is 5.75 Å². The largest absolute Gasteiger partial charge is 0.497 e. The maximum absolute atomic E-state index is 5.30. The van der Waals surface area contributed by atoms with E-state index in [-0.39, 0.29) is 0 Å². The predicted molar refractivity (Wildman–Crippen MR) is 79.4 cm³/mol. The van der Waals surface area contributed by atoms with Crippen LogP contribution < -0.4 is 4.74 Å². The van der Waals surface area contributed by atoms with Gasteiger partial charge in [0, 0.05) is 5.75 Å². The third-order valence-electron chi connectivity index (χ3n) is 2.88. The molecule has 0 bridgehead atoms. The molecular formula is C13H14N2OS2. The highest BCUT2D eigenvalue weighted by atomic mass is 32.2. The molecule has 0 spiro atoms. The number of rotatable bonds is 2. The minimum atomic E-state index is 0.410. The first-order valence-electron chi connectivity index (χ1n) is 5.83. The van der Waals surface area contributed by atoms with Crippen LogP contribution in [0.25, 0.3) is 10.2 Å². The van der Waals surface area contributed by atoms with Gasteiger partial charge in [-0.25, -0.2) is 4.98 Å². The van der Waals surface area contributed by atoms with Crippen molar-refractivity contribution in [3.05, 3.63) is 22.7 Å². The van der Waals surface area contributed by atoms with Gasteiger partial charge in [0.2, 0.25) is 0 Å². The summed E-state index contributed by atoms with van der Waals surface area (Å²) in [6.45, 7) is 4.21. The lowest BCUT2D eigenvalue weighted by atomic mass is 10.2. The number of ether oxygens (including phenoxy) is 1. The molecule has 1 atom stereocenters. The molecule has 0 saturated carbocycles. The molecule has 94 valence electrons. The van der Waals surface area contributed by atoms with Gasteiger partial charge in [0.1, 0.15) is 15.8 Å². The Hall–Kier alpha value is -1.07. The molecule has 1 aliphatic heterocycles. The second-order valence-corrected chi connectivity index (χ2v) is 6.44. The zero-order valence-electron chi connectivity index (χ0n) is 10.6. The highest BCUT2D eigenvalue weighted by Gasteiger charge is 2.19. The van der Waals surface area contributed by atoms with Crippen LogP contribution in [0.4, 0.5) is 0 Å². The van der Waals surface area contributed by atoms with Crippen LogP contribution in [0.15, 0.2) is 17.1 Å². The first-order chi connectivity index (χ1) is 8.67. The molecule has 0 radical (unpaired) electrons. The number of hydrogen-bond donors (Lipinski definition) is 0. The molecule has 2 heterocycles. The van der Waals surface area contributed by atoms with Gasteiger partial charge in [-0.3, -0.25) is 4.99 Å². The summed E-state index contributed by atoms with van der Waals surface area (Å²) in [5.74, 6) is 1.96. The number of nitrogens with zero attached hydrogens (tertiary/aromatic N) is 2. The minimum Gasteiger partial charge on any atom is -0.497 e. The molecule has 1 aromatic heterocycles. The van der Waals surface area contributed by atoms with Crippen molar-refractivity contribution >= 4 is 38.4 Å². The number of methoxy groups -OCH3 is 1. The fourth-order valence-electron chi connectivity index (χ4n) is 1.97. The Kier molecular flexibility index (Phi) is 3.03. The summed E-state index contributed by atoms with van der Waals surface area (Å²) in [6, 6.07) is 4.48. The predicted octanol–water partition coefficient (Wildman–Crippen LogP) is 3.50. The van der Waals surface area contributed by atoms with Gasteiger partial charge >= 0.3 is 0 Å². The highest BCUT2D eigenvalue weighted by molar-refractivity contribution is 8.15. The van der Waals surface area contributed by atoms with E-state index in [4.69, 9.17) is 9.72 Å². The molecule has 1 unspecified atom stereocenters. The van der Waals surface area contributed by atoms with Gasteiger partial charge in [-0.1, -0.05) is 0 Å². The third-order valence-corrected chi connectivity index (χ3v) is 5.24. The molecule has 0 N–H and O–H groups in total. The van der Waals surface area contributed by atoms with E-state index in [9.17, 15) is 0 Å². The number of fused-ring (bicyclic) bond motifs is 1. The minimum absolute atomic E-state index is 0.410. The van der Waals surface area contributed by atoms with Crippen molar-refractivity contribution in [2.45, 2.75) is 19.9 Å². The number of aromatic nitrogens is 1. The molecule has 3 nitrogen and oxygen atoms in total. The lowest BCUT2D eigenvalue weighted by Gasteiger charge is -2.00. The Bertz CT molecular complexity index is 633. The summed E-state index contributed by atoms with van der Waals surface area (Å²) in [5, 5.41) is 2.12. The van der Waals surface area contributed by atoms with Crippen LogP contribution in [0.1, 0.15) is 17.5 Å². The Labute approximate surface area is 114 Å². The van der Waals surface area contributed by atoms with E-state index in [2.05, 4.69) is 18.8 Å². The van der Waals surface area contributed by atoms with E-state index < -0.39 is 0 Å². The maximum atomic E-state index is 5.30. The van der Waals surface area contributed by atoms with Crippen molar-refractivity contribution in [3.8, 4) is 5.75 Å². The molecule has 3 rings (SSSR count). The summed E-state index contributed by atoms with van der Waals surface area (Å²) in [4.78, 5) is 9.34. The van der Waals surface area contributed by atoms with E-state index in [1.807, 2.05) is 12.1 Å². The lowest BCUT2D eigenvalue weighted by molar-refractivity contribution is 0.415. The fraction of sp³-hybridized carbons (Fsp3) is 0.385. The van der Waals surface area contributed by atoms with Crippen molar-refractivity contribution < 1.29 is 4.74 Å². The quantitative estimate of drug-likeness (QED) is 0.843. The van der Waals surface area contributed by atoms with Crippen LogP contribution >= 0.6 is 23.1 Å². The zero-order valence-corrected chi connectivity index (χ0v) is 12.2. The number of hydrogen-bond acceptors (Lipinski definition) is 5. The van der Waals surface area contributed by atoms with Crippen LogP contribution in [0.3, 0.4) is 0 Å². The van der Waals surface area contributed by atoms with Crippen LogP contribution in [0.2, 0.25) is 0 Å². The molecular weight excluding hydrogens is 264 g/mol. The molecule has 1 aromatic carbocycles. The summed E-state index contributed by atoms with van der Waals surface area (Å²) in [6.07, 6.45) is 0. The number of aryl methyl sites for hydroxylation is 1. The Morgan fingerprint density at radius 3 is 2.89 bits per heavy atom. The monoisotopic (exact) mass is 278 g/mol. The van der Waals surface area contributed by atoms with E-state index in [0.29, 0.717) is 6.04 Å². The smallest absolute Gasteiger partial charge is 0.149 e. The molecule has 2 aromatic rings. The van der Waals surface area contributed by atoms with Gasteiger partial charge in [0.25, 0.3) is 0 Å². The van der Waals surface area contributed by atoms with Gasteiger partial charge in [-0.2, -0.15) is 0 Å². The number of thioether (sulfide) groups is 1. The molecule has 1 aliphatic rings. The number of benzene rings is 1. The van der Waals surface area contributed by atoms with Crippen LogP contribution in [-0.2, 0) is 0 Å². The average molecular weight is 278 g/mol. The van der Waals surface area contributed by atoms with E-state index in [1.165, 1.54) is 4.70 Å². The number of aliphatic imine (C=N–C) groups is 1. The molecule has 0 amide bonds. The van der Waals surface area contributed by atoms with Crippen molar-refractivity contribution in [2.75, 3.05) is 12.9 Å². The standard InChI is InChI=1S/C13H14N2OS2/c1-7-4-9(16-3)5-10-11(7)15-13(18-10)12-14-8(2)6-17-12/h4-5,8H,6H2,1-3H3. The summed E-state index contributed by atoms with van der Waals surface area (Å²) < 4.78 is 6.47. The summed E-state index contributed by atoms with van der Waals surface area (Å²) in [5.41, 5.74) is 2.22. The average Bonchev–Trinajstić information content (AvgIpc) is 2.94. The number of thiazole rings is 1. The van der Waals surface area contributed by atoms with Gasteiger partial charge in [-0.15, -0.1) is 23.1 Å². The third kappa shape index (κ3) is 2.01. The van der Waals surface area contributed by atoms with Gasteiger partial charge in [-0.05, 0) is 31.5 Å². The second-order valence-electron chi connectivity index (χ2n) is 4.40. The van der Waals surface area contributed by atoms with Crippen molar-refractivity contribution in [3.63, 3.8) is 0 Å². The van der Waals surface area contributed by atoms with Gasteiger partial charge < -0.3 is 4.74 Å². The Morgan fingerprint density at radius 1 is 1.39 bits per heavy atom. The maximum Gasteiger partial charge on any atom is 0.149 e. The molecule has 18 heavy (non-hydrogen) atoms. The first-order valence-corrected chi connectivity index (χ1v) is 7.63. The zero-order chi connectivity index (χ0) is 12.7. The van der Waals surface area contributed by atoms with Crippen molar-refractivity contribution in [1.82, 2.24) is 4.98 Å². The molecule has 5 heteroatoms. The first kappa shape index (κ1) is 12.0. The van der Waals surface area contributed by atoms with Gasteiger partial charge in [0.05, 0.1) is 23.4 Å². The summed E-state index contributed by atoms with van der Waals surface area (Å²) >= 11 is 3.50. The van der Waals surface area contributed by atoms with Crippen molar-refractivity contribution in [1.29, 1.82) is 0 Å². The van der Waals surface area contributed by atoms with E-state index in [0.717, 1.165) is 32.6 Å². The Balaban J connectivity index is 2.11. The second kappa shape index (κ2) is 4.55. The normalized spacial score (nSPS) is 19.3. The molecule has 0 saturated heterocycles.